The molecule has 1 nitrogen and oxygen atoms in total. The maximum atomic E-state index is 6.48. The fourth-order valence-electron chi connectivity index (χ4n) is 3.95. The summed E-state index contributed by atoms with van der Waals surface area (Å²) in [6.07, 6.45) is 9.49. The lowest BCUT2D eigenvalue weighted by Gasteiger charge is -2.44. The van der Waals surface area contributed by atoms with Gasteiger partial charge in [-0.15, -0.1) is 0 Å². The van der Waals surface area contributed by atoms with Crippen molar-refractivity contribution in [2.24, 2.45) is 23.0 Å². The highest BCUT2D eigenvalue weighted by Gasteiger charge is 2.70. The van der Waals surface area contributed by atoms with Gasteiger partial charge in [-0.2, -0.15) is 0 Å². The van der Waals surface area contributed by atoms with E-state index in [0.717, 1.165) is 11.8 Å². The Morgan fingerprint density at radius 2 is 2.13 bits per heavy atom. The van der Waals surface area contributed by atoms with Gasteiger partial charge < -0.3 is 5.73 Å². The van der Waals surface area contributed by atoms with E-state index < -0.39 is 0 Å². The van der Waals surface area contributed by atoms with Crippen molar-refractivity contribution >= 4 is 0 Å². The Morgan fingerprint density at radius 3 is 2.60 bits per heavy atom. The van der Waals surface area contributed by atoms with Crippen molar-refractivity contribution < 1.29 is 0 Å². The third kappa shape index (κ3) is 2.08. The minimum absolute atomic E-state index is 0.236. The van der Waals surface area contributed by atoms with E-state index in [-0.39, 0.29) is 5.54 Å². The van der Waals surface area contributed by atoms with Gasteiger partial charge >= 0.3 is 0 Å². The highest BCUT2D eigenvalue weighted by Crippen LogP contribution is 2.72. The van der Waals surface area contributed by atoms with Gasteiger partial charge in [0.05, 0.1) is 0 Å². The molecule has 0 radical (unpaired) electrons. The van der Waals surface area contributed by atoms with Crippen LogP contribution in [0.4, 0.5) is 0 Å². The summed E-state index contributed by atoms with van der Waals surface area (Å²) < 4.78 is 0. The normalized spacial score (nSPS) is 44.4. The molecule has 2 fully saturated rings. The van der Waals surface area contributed by atoms with Gasteiger partial charge in [-0.05, 0) is 36.5 Å². The van der Waals surface area contributed by atoms with Gasteiger partial charge in [-0.3, -0.25) is 0 Å². The lowest BCUT2D eigenvalue weighted by molar-refractivity contribution is 0.118. The first-order valence-electron chi connectivity index (χ1n) is 6.79. The van der Waals surface area contributed by atoms with Crippen molar-refractivity contribution in [2.45, 2.75) is 71.3 Å². The van der Waals surface area contributed by atoms with Crippen LogP contribution < -0.4 is 5.73 Å². The zero-order valence-electron chi connectivity index (χ0n) is 10.7. The van der Waals surface area contributed by atoms with Crippen molar-refractivity contribution in [1.82, 2.24) is 0 Å². The predicted molar refractivity (Wildman–Crippen MR) is 65.7 cm³/mol. The first kappa shape index (κ1) is 11.4. The lowest BCUT2D eigenvalue weighted by Crippen LogP contribution is -2.53. The van der Waals surface area contributed by atoms with E-state index in [1.165, 1.54) is 44.9 Å². The van der Waals surface area contributed by atoms with Gasteiger partial charge in [-0.1, -0.05) is 46.5 Å². The molecule has 0 aromatic carbocycles. The number of nitrogens with two attached hydrogens (primary N) is 1. The van der Waals surface area contributed by atoms with Crippen LogP contribution in [0.1, 0.15) is 65.7 Å². The molecule has 15 heavy (non-hydrogen) atoms. The molecule has 2 saturated carbocycles. The van der Waals surface area contributed by atoms with Crippen LogP contribution in [0.15, 0.2) is 0 Å². The van der Waals surface area contributed by atoms with Crippen LogP contribution in [-0.4, -0.2) is 5.54 Å². The molecule has 2 N–H and O–H groups in total. The number of fused-ring (bicyclic) bond motifs is 1. The molecule has 0 bridgehead atoms. The second-order valence-corrected chi connectivity index (χ2v) is 6.63. The van der Waals surface area contributed by atoms with Gasteiger partial charge in [0.25, 0.3) is 0 Å². The Balaban J connectivity index is 1.68. The van der Waals surface area contributed by atoms with Crippen LogP contribution in [0.2, 0.25) is 0 Å². The molecule has 0 spiro atoms. The zero-order chi connectivity index (χ0) is 11.1. The van der Waals surface area contributed by atoms with E-state index in [1.807, 2.05) is 0 Å². The molecular weight excluding hydrogens is 182 g/mol. The van der Waals surface area contributed by atoms with E-state index in [2.05, 4.69) is 20.8 Å². The fourth-order valence-corrected chi connectivity index (χ4v) is 3.95. The minimum atomic E-state index is 0.236. The van der Waals surface area contributed by atoms with E-state index in [9.17, 15) is 0 Å². The molecule has 0 aromatic heterocycles. The Bertz CT molecular complexity index is 237. The minimum Gasteiger partial charge on any atom is -0.325 e. The van der Waals surface area contributed by atoms with Crippen LogP contribution in [-0.2, 0) is 0 Å². The van der Waals surface area contributed by atoms with E-state index in [1.54, 1.807) is 0 Å². The monoisotopic (exact) mass is 209 g/mol. The Hall–Kier alpha value is -0.0400. The van der Waals surface area contributed by atoms with Crippen molar-refractivity contribution in [3.63, 3.8) is 0 Å². The molecule has 2 aliphatic rings. The molecule has 2 rings (SSSR count). The Morgan fingerprint density at radius 1 is 1.40 bits per heavy atom. The molecule has 0 amide bonds. The SMILES string of the molecule is CCCCCC(C)CC1(N)CC2(C)CC21. The molecule has 0 saturated heterocycles. The van der Waals surface area contributed by atoms with E-state index in [4.69, 9.17) is 5.73 Å². The Labute approximate surface area is 94.8 Å². The highest BCUT2D eigenvalue weighted by molar-refractivity contribution is 5.23. The van der Waals surface area contributed by atoms with Crippen LogP contribution in [0.5, 0.6) is 0 Å². The van der Waals surface area contributed by atoms with Crippen molar-refractivity contribution in [2.75, 3.05) is 0 Å². The zero-order valence-corrected chi connectivity index (χ0v) is 10.7. The third-order valence-electron chi connectivity index (χ3n) is 4.81. The molecule has 1 heteroatoms. The molecule has 0 heterocycles. The predicted octanol–water partition coefficient (Wildman–Crippen LogP) is 3.72. The standard InChI is InChI=1S/C14H27N/c1-4-5-6-7-11(2)8-14(15)10-13(3)9-12(13)14/h11-12H,4-10,15H2,1-3H3. The topological polar surface area (TPSA) is 26.0 Å². The van der Waals surface area contributed by atoms with Gasteiger partial charge in [0.15, 0.2) is 0 Å². The van der Waals surface area contributed by atoms with Crippen LogP contribution in [0, 0.1) is 17.3 Å². The summed E-state index contributed by atoms with van der Waals surface area (Å²) in [6, 6.07) is 0. The second-order valence-electron chi connectivity index (χ2n) is 6.63. The maximum Gasteiger partial charge on any atom is 0.0196 e. The summed E-state index contributed by atoms with van der Waals surface area (Å²) in [4.78, 5) is 0. The summed E-state index contributed by atoms with van der Waals surface area (Å²) in [7, 11) is 0. The van der Waals surface area contributed by atoms with E-state index >= 15 is 0 Å². The average molecular weight is 209 g/mol. The lowest BCUT2D eigenvalue weighted by atomic mass is 9.66. The average Bonchev–Trinajstić information content (AvgIpc) is 2.72. The Kier molecular flexibility index (Phi) is 2.87. The molecule has 4 atom stereocenters. The first-order valence-corrected chi connectivity index (χ1v) is 6.79. The smallest absolute Gasteiger partial charge is 0.0196 e. The second kappa shape index (κ2) is 3.76. The van der Waals surface area contributed by atoms with Gasteiger partial charge in [-0.25, -0.2) is 0 Å². The number of hydrogen-bond donors (Lipinski definition) is 1. The maximum absolute atomic E-state index is 6.48. The molecular formula is C14H27N. The highest BCUT2D eigenvalue weighted by atomic mass is 14.9. The summed E-state index contributed by atoms with van der Waals surface area (Å²) in [5.41, 5.74) is 7.39. The number of hydrogen-bond acceptors (Lipinski definition) is 1. The van der Waals surface area contributed by atoms with Gasteiger partial charge in [0, 0.05) is 5.54 Å². The largest absolute Gasteiger partial charge is 0.325 e. The van der Waals surface area contributed by atoms with Crippen molar-refractivity contribution in [3.8, 4) is 0 Å². The number of rotatable bonds is 6. The summed E-state index contributed by atoms with van der Waals surface area (Å²) in [5.74, 6) is 1.71. The van der Waals surface area contributed by atoms with Crippen LogP contribution in [0.25, 0.3) is 0 Å². The number of unbranched alkanes of at least 4 members (excludes halogenated alkanes) is 2. The molecule has 4 unspecified atom stereocenters. The summed E-state index contributed by atoms with van der Waals surface area (Å²) in [5, 5.41) is 0. The van der Waals surface area contributed by atoms with Gasteiger partial charge in [0.1, 0.15) is 0 Å². The first-order chi connectivity index (χ1) is 7.00. The van der Waals surface area contributed by atoms with Crippen molar-refractivity contribution in [3.05, 3.63) is 0 Å². The van der Waals surface area contributed by atoms with Crippen molar-refractivity contribution in [1.29, 1.82) is 0 Å². The molecule has 0 aliphatic heterocycles. The third-order valence-corrected chi connectivity index (χ3v) is 4.81. The van der Waals surface area contributed by atoms with Gasteiger partial charge in [0.2, 0.25) is 0 Å². The molecule has 0 aromatic rings. The van der Waals surface area contributed by atoms with Crippen LogP contribution >= 0.6 is 0 Å². The molecule has 88 valence electrons. The summed E-state index contributed by atoms with van der Waals surface area (Å²) in [6.45, 7) is 7.07. The molecule has 2 aliphatic carbocycles. The fraction of sp³-hybridized carbons (Fsp3) is 1.00. The van der Waals surface area contributed by atoms with Crippen LogP contribution in [0.3, 0.4) is 0 Å². The summed E-state index contributed by atoms with van der Waals surface area (Å²) >= 11 is 0. The van der Waals surface area contributed by atoms with E-state index in [0.29, 0.717) is 5.41 Å². The quantitative estimate of drug-likeness (QED) is 0.663.